The summed E-state index contributed by atoms with van der Waals surface area (Å²) in [4.78, 5) is 0. The van der Waals surface area contributed by atoms with Crippen LogP contribution in [0.15, 0.2) is 18.2 Å². The molecular formula is C18H24O6S. The zero-order chi connectivity index (χ0) is 18.0. The summed E-state index contributed by atoms with van der Waals surface area (Å²) in [6.07, 6.45) is 2.14. The van der Waals surface area contributed by atoms with E-state index in [1.165, 1.54) is 11.1 Å². The molecule has 25 heavy (non-hydrogen) atoms. The number of phenols is 1. The van der Waals surface area contributed by atoms with E-state index in [0.29, 0.717) is 18.3 Å². The van der Waals surface area contributed by atoms with Crippen molar-refractivity contribution >= 4 is 10.4 Å². The van der Waals surface area contributed by atoms with Crippen molar-refractivity contribution in [2.24, 2.45) is 17.3 Å². The van der Waals surface area contributed by atoms with Crippen LogP contribution in [-0.4, -0.2) is 35.4 Å². The molecular weight excluding hydrogens is 344 g/mol. The standard InChI is InChI=1S/C18H24O6S/c1-18-7-6-13-12-5-3-11(19)8-10(12)2-4-14(13)15(18)9-16(20)17(18)24-25(21,22)23/h3,5,8,13-17,19-20H,2,4,6-7,9H2,1H3,(H,21,22,23)/t13-,14-,15+,16-,17+,18+/m1/s1. The lowest BCUT2D eigenvalue weighted by Gasteiger charge is -2.50. The highest BCUT2D eigenvalue weighted by molar-refractivity contribution is 7.80. The fraction of sp³-hybridized carbons (Fsp3) is 0.667. The maximum absolute atomic E-state index is 11.2. The van der Waals surface area contributed by atoms with Crippen molar-refractivity contribution < 1.29 is 27.4 Å². The van der Waals surface area contributed by atoms with Crippen molar-refractivity contribution in [2.45, 2.75) is 57.2 Å². The van der Waals surface area contributed by atoms with Crippen molar-refractivity contribution in [2.75, 3.05) is 0 Å². The number of hydrogen-bond acceptors (Lipinski definition) is 5. The molecule has 1 aromatic carbocycles. The zero-order valence-electron chi connectivity index (χ0n) is 14.1. The van der Waals surface area contributed by atoms with Crippen LogP contribution in [0.25, 0.3) is 0 Å². The Morgan fingerprint density at radius 3 is 2.76 bits per heavy atom. The van der Waals surface area contributed by atoms with E-state index in [2.05, 4.69) is 0 Å². The highest BCUT2D eigenvalue weighted by atomic mass is 32.3. The van der Waals surface area contributed by atoms with Crippen LogP contribution in [0.1, 0.15) is 49.7 Å². The van der Waals surface area contributed by atoms with Gasteiger partial charge in [-0.25, -0.2) is 4.18 Å². The number of fused-ring (bicyclic) bond motifs is 5. The highest BCUT2D eigenvalue weighted by Crippen LogP contribution is 2.61. The zero-order valence-corrected chi connectivity index (χ0v) is 14.9. The Kier molecular flexibility index (Phi) is 3.92. The van der Waals surface area contributed by atoms with Crippen LogP contribution >= 0.6 is 0 Å². The molecule has 1 aromatic rings. The first-order valence-electron chi connectivity index (χ1n) is 8.84. The van der Waals surface area contributed by atoms with Gasteiger partial charge in [0.1, 0.15) is 11.9 Å². The van der Waals surface area contributed by atoms with Crippen molar-refractivity contribution in [3.63, 3.8) is 0 Å². The highest BCUT2D eigenvalue weighted by Gasteiger charge is 2.59. The molecule has 0 spiro atoms. The molecule has 0 heterocycles. The van der Waals surface area contributed by atoms with Crippen LogP contribution in [-0.2, 0) is 21.0 Å². The number of hydrogen-bond donors (Lipinski definition) is 3. The van der Waals surface area contributed by atoms with Crippen molar-refractivity contribution in [3.8, 4) is 5.75 Å². The molecule has 6 atom stereocenters. The molecule has 0 amide bonds. The van der Waals surface area contributed by atoms with Gasteiger partial charge in [0, 0.05) is 5.41 Å². The van der Waals surface area contributed by atoms with Crippen molar-refractivity contribution in [1.29, 1.82) is 0 Å². The minimum Gasteiger partial charge on any atom is -0.508 e. The van der Waals surface area contributed by atoms with Crippen LogP contribution in [0, 0.1) is 17.3 Å². The Bertz CT molecular complexity index is 791. The molecule has 4 rings (SSSR count). The van der Waals surface area contributed by atoms with Gasteiger partial charge >= 0.3 is 10.4 Å². The fourth-order valence-electron chi connectivity index (χ4n) is 5.84. The summed E-state index contributed by atoms with van der Waals surface area (Å²) >= 11 is 0. The number of phenolic OH excluding ortho intramolecular Hbond substituents is 1. The number of benzene rings is 1. The maximum atomic E-state index is 11.2. The van der Waals surface area contributed by atoms with Gasteiger partial charge in [0.25, 0.3) is 0 Å². The molecule has 0 bridgehead atoms. The van der Waals surface area contributed by atoms with E-state index in [1.807, 2.05) is 19.1 Å². The topological polar surface area (TPSA) is 104 Å². The van der Waals surface area contributed by atoms with Crippen molar-refractivity contribution in [1.82, 2.24) is 0 Å². The smallest absolute Gasteiger partial charge is 0.397 e. The minimum absolute atomic E-state index is 0.148. The first kappa shape index (κ1) is 17.3. The van der Waals surface area contributed by atoms with E-state index in [0.717, 1.165) is 25.7 Å². The monoisotopic (exact) mass is 368 g/mol. The molecule has 3 N–H and O–H groups in total. The third kappa shape index (κ3) is 2.77. The summed E-state index contributed by atoms with van der Waals surface area (Å²) in [5, 5.41) is 20.2. The van der Waals surface area contributed by atoms with Gasteiger partial charge in [-0.1, -0.05) is 13.0 Å². The Morgan fingerprint density at radius 2 is 2.04 bits per heavy atom. The Hall–Kier alpha value is -1.15. The van der Waals surface area contributed by atoms with E-state index in [-0.39, 0.29) is 11.7 Å². The molecule has 0 unspecified atom stereocenters. The summed E-state index contributed by atoms with van der Waals surface area (Å²) in [7, 11) is -4.60. The molecule has 0 aliphatic heterocycles. The molecule has 138 valence electrons. The van der Waals surface area contributed by atoms with Gasteiger partial charge in [0.05, 0.1) is 6.10 Å². The lowest BCUT2D eigenvalue weighted by atomic mass is 9.55. The van der Waals surface area contributed by atoms with Gasteiger partial charge in [-0.3, -0.25) is 4.55 Å². The number of aryl methyl sites for hydroxylation is 1. The second-order valence-electron chi connectivity index (χ2n) is 8.09. The molecule has 0 radical (unpaired) electrons. The lowest BCUT2D eigenvalue weighted by molar-refractivity contribution is -0.0371. The number of rotatable bonds is 2. The summed E-state index contributed by atoms with van der Waals surface area (Å²) in [5.74, 6) is 1.14. The summed E-state index contributed by atoms with van der Waals surface area (Å²) < 4.78 is 36.5. The molecule has 0 aromatic heterocycles. The third-order valence-electron chi connectivity index (χ3n) is 6.87. The molecule has 0 saturated heterocycles. The third-order valence-corrected chi connectivity index (χ3v) is 7.32. The van der Waals surface area contributed by atoms with Crippen LogP contribution < -0.4 is 0 Å². The fourth-order valence-corrected chi connectivity index (χ4v) is 6.45. The van der Waals surface area contributed by atoms with E-state index in [9.17, 15) is 18.6 Å². The molecule has 2 saturated carbocycles. The summed E-state index contributed by atoms with van der Waals surface area (Å²) in [5.41, 5.74) is 1.99. The second kappa shape index (κ2) is 5.67. The van der Waals surface area contributed by atoms with Crippen LogP contribution in [0.2, 0.25) is 0 Å². The average molecular weight is 368 g/mol. The van der Waals surface area contributed by atoms with E-state index >= 15 is 0 Å². The van der Waals surface area contributed by atoms with Gasteiger partial charge in [-0.2, -0.15) is 8.42 Å². The average Bonchev–Trinajstić information content (AvgIpc) is 2.77. The minimum atomic E-state index is -4.60. The molecule has 3 aliphatic carbocycles. The van der Waals surface area contributed by atoms with E-state index in [1.54, 1.807) is 6.07 Å². The van der Waals surface area contributed by atoms with Gasteiger partial charge < -0.3 is 10.2 Å². The van der Waals surface area contributed by atoms with Gasteiger partial charge in [-0.15, -0.1) is 0 Å². The normalized spacial score (nSPS) is 40.2. The predicted molar refractivity (Wildman–Crippen MR) is 90.5 cm³/mol. The maximum Gasteiger partial charge on any atom is 0.397 e. The van der Waals surface area contributed by atoms with Gasteiger partial charge in [0.2, 0.25) is 0 Å². The van der Waals surface area contributed by atoms with Crippen LogP contribution in [0.5, 0.6) is 5.75 Å². The molecule has 3 aliphatic rings. The SMILES string of the molecule is C[C@]12CC[C@@H]3c4ccc(O)cc4CC[C@H]3[C@@H]1C[C@@H](O)[C@@H]2OS(=O)(=O)O. The Morgan fingerprint density at radius 1 is 1.28 bits per heavy atom. The first-order chi connectivity index (χ1) is 11.7. The van der Waals surface area contributed by atoms with E-state index in [4.69, 9.17) is 8.74 Å². The first-order valence-corrected chi connectivity index (χ1v) is 10.2. The molecule has 7 heteroatoms. The van der Waals surface area contributed by atoms with E-state index < -0.39 is 28.0 Å². The van der Waals surface area contributed by atoms with Gasteiger partial charge in [0.15, 0.2) is 0 Å². The quantitative estimate of drug-likeness (QED) is 0.693. The lowest BCUT2D eigenvalue weighted by Crippen LogP contribution is -2.46. The predicted octanol–water partition coefficient (Wildman–Crippen LogP) is 2.41. The molecule has 6 nitrogen and oxygen atoms in total. The molecule has 2 fully saturated rings. The van der Waals surface area contributed by atoms with Crippen molar-refractivity contribution in [3.05, 3.63) is 29.3 Å². The second-order valence-corrected chi connectivity index (χ2v) is 9.14. The summed E-state index contributed by atoms with van der Waals surface area (Å²) in [6.45, 7) is 1.98. The van der Waals surface area contributed by atoms with Crippen LogP contribution in [0.3, 0.4) is 0 Å². The van der Waals surface area contributed by atoms with Crippen LogP contribution in [0.4, 0.5) is 0 Å². The van der Waals surface area contributed by atoms with Gasteiger partial charge in [-0.05, 0) is 73.1 Å². The summed E-state index contributed by atoms with van der Waals surface area (Å²) in [6, 6.07) is 5.57. The number of aromatic hydroxyl groups is 1. The number of aliphatic hydroxyl groups excluding tert-OH is 1. The Labute approximate surface area is 147 Å². The Balaban J connectivity index is 1.66. The largest absolute Gasteiger partial charge is 0.508 e. The number of aliphatic hydroxyl groups is 1.